The molecule has 0 bridgehead atoms. The number of carbonyl (C=O) groups excluding carboxylic acids is 3. The molecule has 37 heavy (non-hydrogen) atoms. The molecule has 1 saturated carbocycles. The summed E-state index contributed by atoms with van der Waals surface area (Å²) in [6.45, 7) is 9.79. The molecular weight excluding hydrogens is 488 g/mol. The van der Waals surface area contributed by atoms with Crippen LogP contribution in [0.1, 0.15) is 56.0 Å². The molecule has 1 fully saturated rings. The molecule has 4 atom stereocenters. The van der Waals surface area contributed by atoms with Crippen LogP contribution in [0.3, 0.4) is 0 Å². The van der Waals surface area contributed by atoms with Gasteiger partial charge in [-0.3, -0.25) is 19.5 Å². The number of nitrogens with zero attached hydrogens (tertiary/aromatic N) is 3. The lowest BCUT2D eigenvalue weighted by Gasteiger charge is -2.35. The number of aryl methyl sites for hydroxylation is 1. The fraction of sp³-hybridized carbons (Fsp3) is 0.444. The van der Waals surface area contributed by atoms with Crippen LogP contribution in [0.4, 0.5) is 16.2 Å². The van der Waals surface area contributed by atoms with Crippen molar-refractivity contribution in [2.45, 2.75) is 74.9 Å². The van der Waals surface area contributed by atoms with E-state index in [1.54, 1.807) is 17.3 Å². The fourth-order valence-corrected chi connectivity index (χ4v) is 6.68. The van der Waals surface area contributed by atoms with Crippen LogP contribution in [-0.2, 0) is 16.0 Å². The van der Waals surface area contributed by atoms with Crippen LogP contribution in [0.2, 0.25) is 0 Å². The first-order valence-electron chi connectivity index (χ1n) is 12.7. The maximum absolute atomic E-state index is 13.5. The van der Waals surface area contributed by atoms with Gasteiger partial charge in [0.2, 0.25) is 11.8 Å². The number of carbonyl (C=O) groups is 3. The van der Waals surface area contributed by atoms with Crippen LogP contribution in [0.15, 0.2) is 42.2 Å². The molecule has 4 amide bonds. The zero-order chi connectivity index (χ0) is 26.3. The van der Waals surface area contributed by atoms with E-state index in [1.165, 1.54) is 17.8 Å². The van der Waals surface area contributed by atoms with E-state index in [2.05, 4.69) is 46.3 Å². The quantitative estimate of drug-likeness (QED) is 0.480. The molecule has 2 aromatic heterocycles. The monoisotopic (exact) mass is 520 g/mol. The Labute approximate surface area is 220 Å². The van der Waals surface area contributed by atoms with Gasteiger partial charge in [-0.2, -0.15) is 0 Å². The minimum absolute atomic E-state index is 0.137. The van der Waals surface area contributed by atoms with Gasteiger partial charge in [0.05, 0.1) is 23.6 Å². The highest BCUT2D eigenvalue weighted by molar-refractivity contribution is 8.01. The summed E-state index contributed by atoms with van der Waals surface area (Å²) < 4.78 is 0. The molecule has 0 saturated heterocycles. The van der Waals surface area contributed by atoms with Gasteiger partial charge < -0.3 is 16.0 Å². The van der Waals surface area contributed by atoms with E-state index in [0.717, 1.165) is 53.2 Å². The molecule has 2 aromatic rings. The van der Waals surface area contributed by atoms with Crippen molar-refractivity contribution in [2.24, 2.45) is 5.92 Å². The minimum Gasteiger partial charge on any atom is -0.350 e. The van der Waals surface area contributed by atoms with Crippen molar-refractivity contribution in [1.82, 2.24) is 25.9 Å². The normalized spacial score (nSPS) is 24.0. The Morgan fingerprint density at radius 2 is 2.00 bits per heavy atom. The number of anilines is 2. The molecule has 0 radical (unpaired) electrons. The van der Waals surface area contributed by atoms with Crippen LogP contribution < -0.4 is 20.9 Å². The minimum atomic E-state index is -0.557. The summed E-state index contributed by atoms with van der Waals surface area (Å²) in [7, 11) is 0. The van der Waals surface area contributed by atoms with Gasteiger partial charge in [0.1, 0.15) is 10.3 Å². The molecule has 2 aliphatic heterocycles. The Kier molecular flexibility index (Phi) is 6.94. The van der Waals surface area contributed by atoms with E-state index in [1.807, 2.05) is 19.1 Å². The molecule has 0 aromatic carbocycles. The largest absolute Gasteiger partial charge is 0.350 e. The summed E-state index contributed by atoms with van der Waals surface area (Å²) in [5, 5.41) is 9.27. The van der Waals surface area contributed by atoms with Crippen molar-refractivity contribution in [3.63, 3.8) is 0 Å². The molecule has 3 N–H and O–H groups in total. The number of thioether (sulfide) groups is 1. The van der Waals surface area contributed by atoms with E-state index in [9.17, 15) is 14.4 Å². The van der Waals surface area contributed by atoms with E-state index in [0.29, 0.717) is 11.6 Å². The molecule has 3 aliphatic rings. The third-order valence-electron chi connectivity index (χ3n) is 7.12. The standard InChI is InChI=1S/C27H32N6O3S/c1-5-21(34)30-17-7-6-8-18(17)31-25(35)24-23-22-19(9-10-28-26(22)37-24)33(27(36)32-23)20-13-29-16(11-14(2)3)12-15(20)4/h5,9-10,12-14,17-18,23-24H,1,6-8,11H2,2-4H3,(H,30,34)(H,31,35)(H,32,36)/t17-,18+,23?,24?/m0/s1. The molecule has 5 rings (SSSR count). The summed E-state index contributed by atoms with van der Waals surface area (Å²) in [6.07, 6.45) is 8.04. The number of hydrogen-bond donors (Lipinski definition) is 3. The number of rotatable bonds is 7. The van der Waals surface area contributed by atoms with E-state index >= 15 is 0 Å². The second-order valence-electron chi connectivity index (χ2n) is 10.3. The number of nitrogens with one attached hydrogen (secondary N) is 3. The lowest BCUT2D eigenvalue weighted by atomic mass is 9.99. The molecule has 4 heterocycles. The first-order chi connectivity index (χ1) is 17.8. The predicted octanol–water partition coefficient (Wildman–Crippen LogP) is 3.70. The third kappa shape index (κ3) is 4.82. The summed E-state index contributed by atoms with van der Waals surface area (Å²) >= 11 is 1.36. The average Bonchev–Trinajstić information content (AvgIpc) is 3.44. The second-order valence-corrected chi connectivity index (χ2v) is 11.4. The average molecular weight is 521 g/mol. The first-order valence-corrected chi connectivity index (χ1v) is 13.6. The smallest absolute Gasteiger partial charge is 0.327 e. The summed E-state index contributed by atoms with van der Waals surface area (Å²) in [5.41, 5.74) is 4.23. The first kappa shape index (κ1) is 25.3. The van der Waals surface area contributed by atoms with Gasteiger partial charge in [0, 0.05) is 29.5 Å². The van der Waals surface area contributed by atoms with Crippen molar-refractivity contribution < 1.29 is 14.4 Å². The molecule has 10 heteroatoms. The van der Waals surface area contributed by atoms with Crippen molar-refractivity contribution in [1.29, 1.82) is 0 Å². The van der Waals surface area contributed by atoms with Crippen LogP contribution >= 0.6 is 11.8 Å². The van der Waals surface area contributed by atoms with Gasteiger partial charge >= 0.3 is 6.03 Å². The Hall–Kier alpha value is -3.40. The maximum Gasteiger partial charge on any atom is 0.327 e. The van der Waals surface area contributed by atoms with Crippen LogP contribution in [-0.4, -0.2) is 45.1 Å². The molecular formula is C27H32N6O3S. The molecule has 1 aliphatic carbocycles. The lowest BCUT2D eigenvalue weighted by molar-refractivity contribution is -0.122. The Morgan fingerprint density at radius 3 is 2.70 bits per heavy atom. The molecule has 194 valence electrons. The van der Waals surface area contributed by atoms with Gasteiger partial charge in [-0.25, -0.2) is 9.78 Å². The SMILES string of the molecule is C=CC(=O)N[C@H]1CCC[C@H]1NC(=O)C1Sc2nccc3c2C1NC(=O)N3c1cnc(CC(C)C)cc1C. The fourth-order valence-electron chi connectivity index (χ4n) is 5.45. The highest BCUT2D eigenvalue weighted by Crippen LogP contribution is 2.50. The highest BCUT2D eigenvalue weighted by atomic mass is 32.2. The van der Waals surface area contributed by atoms with Crippen molar-refractivity contribution in [3.05, 3.63) is 54.0 Å². The van der Waals surface area contributed by atoms with Crippen molar-refractivity contribution >= 4 is 41.0 Å². The van der Waals surface area contributed by atoms with E-state index in [4.69, 9.17) is 0 Å². The van der Waals surface area contributed by atoms with E-state index < -0.39 is 11.3 Å². The topological polar surface area (TPSA) is 116 Å². The summed E-state index contributed by atoms with van der Waals surface area (Å²) in [4.78, 5) is 49.5. The predicted molar refractivity (Wildman–Crippen MR) is 143 cm³/mol. The zero-order valence-corrected chi connectivity index (χ0v) is 22.1. The van der Waals surface area contributed by atoms with Gasteiger partial charge in [0.15, 0.2) is 0 Å². The van der Waals surface area contributed by atoms with Crippen LogP contribution in [0.5, 0.6) is 0 Å². The lowest BCUT2D eigenvalue weighted by Crippen LogP contribution is -2.53. The third-order valence-corrected chi connectivity index (χ3v) is 8.41. The van der Waals surface area contributed by atoms with Gasteiger partial charge in [0.25, 0.3) is 0 Å². The Bertz CT molecular complexity index is 1260. The Morgan fingerprint density at radius 1 is 1.24 bits per heavy atom. The number of aromatic nitrogens is 2. The number of urea groups is 1. The van der Waals surface area contributed by atoms with E-state index in [-0.39, 0.29) is 29.9 Å². The highest BCUT2D eigenvalue weighted by Gasteiger charge is 2.47. The summed E-state index contributed by atoms with van der Waals surface area (Å²) in [5.74, 6) is 0.0655. The van der Waals surface area contributed by atoms with Crippen LogP contribution in [0, 0.1) is 12.8 Å². The van der Waals surface area contributed by atoms with Crippen molar-refractivity contribution in [3.8, 4) is 0 Å². The second kappa shape index (κ2) is 10.2. The molecule has 0 spiro atoms. The van der Waals surface area contributed by atoms with Gasteiger partial charge in [-0.15, -0.1) is 0 Å². The Balaban J connectivity index is 1.39. The van der Waals surface area contributed by atoms with Gasteiger partial charge in [-0.1, -0.05) is 32.2 Å². The number of hydrogen-bond acceptors (Lipinski definition) is 6. The molecule has 9 nitrogen and oxygen atoms in total. The number of amides is 4. The zero-order valence-electron chi connectivity index (χ0n) is 21.3. The summed E-state index contributed by atoms with van der Waals surface area (Å²) in [6, 6.07) is 2.76. The van der Waals surface area contributed by atoms with Crippen molar-refractivity contribution in [2.75, 3.05) is 4.90 Å². The molecule has 2 unspecified atom stereocenters. The van der Waals surface area contributed by atoms with Gasteiger partial charge in [-0.05, 0) is 62.3 Å². The van der Waals surface area contributed by atoms with Crippen LogP contribution in [0.25, 0.3) is 0 Å². The maximum atomic E-state index is 13.5. The number of pyridine rings is 2.